The summed E-state index contributed by atoms with van der Waals surface area (Å²) in [7, 11) is 0. The summed E-state index contributed by atoms with van der Waals surface area (Å²) in [6, 6.07) is 4.34. The molecule has 4 atom stereocenters. The molecule has 2 heterocycles. The Bertz CT molecular complexity index is 917. The van der Waals surface area contributed by atoms with Gasteiger partial charge in [-0.05, 0) is 31.2 Å². The molecule has 2 aliphatic rings. The molecule has 1 amide bonds. The molecule has 9 heteroatoms. The maximum absolute atomic E-state index is 13.6. The molecule has 1 aliphatic heterocycles. The van der Waals surface area contributed by atoms with Gasteiger partial charge >= 0.3 is 6.18 Å². The van der Waals surface area contributed by atoms with Crippen LogP contribution in [0.25, 0.3) is 0 Å². The van der Waals surface area contributed by atoms with E-state index < -0.39 is 29.9 Å². The second-order valence-corrected chi connectivity index (χ2v) is 7.05. The summed E-state index contributed by atoms with van der Waals surface area (Å²) in [5, 5.41) is 2.09. The molecule has 1 aliphatic carbocycles. The summed E-state index contributed by atoms with van der Waals surface area (Å²) < 4.78 is 65.1. The number of benzene rings is 1. The molecule has 5 nitrogen and oxygen atoms in total. The summed E-state index contributed by atoms with van der Waals surface area (Å²) in [6.07, 6.45) is -3.66. The number of nitrogens with zero attached hydrogens (tertiary/aromatic N) is 1. The fraction of sp³-hybridized carbons (Fsp3) is 0.400. The van der Waals surface area contributed by atoms with Crippen molar-refractivity contribution < 1.29 is 31.8 Å². The number of alkyl halides is 3. The third kappa shape index (κ3) is 3.73. The molecule has 3 unspecified atom stereocenters. The smallest absolute Gasteiger partial charge is 0.412 e. The first kappa shape index (κ1) is 19.5. The number of pyridine rings is 1. The number of fused-ring (bicyclic) bond motifs is 3. The molecule has 1 aromatic carbocycles. The molecule has 4 rings (SSSR count). The zero-order chi connectivity index (χ0) is 20.8. The summed E-state index contributed by atoms with van der Waals surface area (Å²) in [6.45, 7) is 2.28. The maximum atomic E-state index is 13.6. The van der Waals surface area contributed by atoms with Gasteiger partial charge in [0.1, 0.15) is 11.6 Å². The highest BCUT2D eigenvalue weighted by Gasteiger charge is 2.59. The van der Waals surface area contributed by atoms with Gasteiger partial charge in [-0.25, -0.2) is 9.37 Å². The van der Waals surface area contributed by atoms with Gasteiger partial charge in [-0.1, -0.05) is 0 Å². The molecular weight excluding hydrogens is 392 g/mol. The van der Waals surface area contributed by atoms with Crippen molar-refractivity contribution in [1.82, 2.24) is 10.3 Å². The third-order valence-corrected chi connectivity index (χ3v) is 5.23. The molecular formula is C20H18F4N2O3. The van der Waals surface area contributed by atoms with Gasteiger partial charge in [0.2, 0.25) is 11.8 Å². The van der Waals surface area contributed by atoms with Crippen LogP contribution in [0.4, 0.5) is 17.6 Å². The van der Waals surface area contributed by atoms with Crippen molar-refractivity contribution in [1.29, 1.82) is 0 Å². The van der Waals surface area contributed by atoms with Gasteiger partial charge in [0, 0.05) is 35.2 Å². The molecule has 154 valence electrons. The van der Waals surface area contributed by atoms with E-state index in [1.165, 1.54) is 30.3 Å². The van der Waals surface area contributed by atoms with Crippen molar-refractivity contribution in [2.75, 3.05) is 13.2 Å². The first-order valence-corrected chi connectivity index (χ1v) is 9.17. The van der Waals surface area contributed by atoms with Gasteiger partial charge in [0.05, 0.1) is 19.1 Å². The number of carbonyl (C=O) groups excluding carboxylic acids is 1. The SMILES string of the molecule is CCOc1ccc([C@@H](NC(=O)C2C3COc4ccc(F)cc4C32)C(F)(F)F)cn1. The number of ether oxygens (including phenoxy) is 2. The number of aromatic nitrogens is 1. The zero-order valence-corrected chi connectivity index (χ0v) is 15.4. The summed E-state index contributed by atoms with van der Waals surface area (Å²) >= 11 is 0. The van der Waals surface area contributed by atoms with Crippen LogP contribution >= 0.6 is 0 Å². The normalized spacial score (nSPS) is 23.3. The molecule has 0 bridgehead atoms. The molecule has 1 aromatic heterocycles. The standard InChI is InChI=1S/C20H18F4N2O3/c1-2-28-15-6-3-10(8-25-15)18(20(22,23)24)26-19(27)17-13-9-29-14-5-4-11(21)7-12(14)16(13)17/h3-8,13,16-18H,2,9H2,1H3,(H,26,27)/t13?,16?,17?,18-/m1/s1. The van der Waals surface area contributed by atoms with Crippen LogP contribution in [0.3, 0.4) is 0 Å². The van der Waals surface area contributed by atoms with Crippen LogP contribution in [-0.2, 0) is 4.79 Å². The molecule has 1 N–H and O–H groups in total. The minimum atomic E-state index is -4.70. The Kier molecular flexibility index (Phi) is 4.84. The lowest BCUT2D eigenvalue weighted by Gasteiger charge is -2.22. The minimum Gasteiger partial charge on any atom is -0.493 e. The largest absolute Gasteiger partial charge is 0.493 e. The van der Waals surface area contributed by atoms with Gasteiger partial charge < -0.3 is 14.8 Å². The van der Waals surface area contributed by atoms with Crippen molar-refractivity contribution in [3.8, 4) is 11.6 Å². The quantitative estimate of drug-likeness (QED) is 0.763. The van der Waals surface area contributed by atoms with E-state index in [4.69, 9.17) is 9.47 Å². The van der Waals surface area contributed by atoms with E-state index >= 15 is 0 Å². The molecule has 29 heavy (non-hydrogen) atoms. The highest BCUT2D eigenvalue weighted by atomic mass is 19.4. The van der Waals surface area contributed by atoms with E-state index in [-0.39, 0.29) is 29.9 Å². The summed E-state index contributed by atoms with van der Waals surface area (Å²) in [4.78, 5) is 16.5. The zero-order valence-electron chi connectivity index (χ0n) is 15.4. The van der Waals surface area contributed by atoms with E-state index in [9.17, 15) is 22.4 Å². The molecule has 1 saturated carbocycles. The van der Waals surface area contributed by atoms with Gasteiger partial charge in [0.25, 0.3) is 0 Å². The monoisotopic (exact) mass is 410 g/mol. The Labute approximate surface area is 164 Å². The number of hydrogen-bond acceptors (Lipinski definition) is 4. The van der Waals surface area contributed by atoms with Crippen molar-refractivity contribution >= 4 is 5.91 Å². The lowest BCUT2D eigenvalue weighted by Crippen LogP contribution is -2.39. The highest BCUT2D eigenvalue weighted by molar-refractivity contribution is 5.84. The minimum absolute atomic E-state index is 0.194. The van der Waals surface area contributed by atoms with E-state index in [1.807, 2.05) is 0 Å². The van der Waals surface area contributed by atoms with Crippen LogP contribution < -0.4 is 14.8 Å². The third-order valence-electron chi connectivity index (χ3n) is 5.23. The first-order chi connectivity index (χ1) is 13.8. The van der Waals surface area contributed by atoms with Crippen molar-refractivity contribution in [2.45, 2.75) is 25.1 Å². The Morgan fingerprint density at radius 2 is 2.14 bits per heavy atom. The Hall–Kier alpha value is -2.84. The van der Waals surface area contributed by atoms with Gasteiger partial charge in [-0.2, -0.15) is 13.2 Å². The fourth-order valence-corrected chi connectivity index (χ4v) is 3.85. The van der Waals surface area contributed by atoms with Crippen LogP contribution in [0.2, 0.25) is 0 Å². The number of hydrogen-bond donors (Lipinski definition) is 1. The molecule has 0 radical (unpaired) electrons. The van der Waals surface area contributed by atoms with Gasteiger partial charge in [0.15, 0.2) is 6.04 Å². The molecule has 0 spiro atoms. The topological polar surface area (TPSA) is 60.5 Å². The van der Waals surface area contributed by atoms with Crippen LogP contribution in [-0.4, -0.2) is 30.3 Å². The average molecular weight is 410 g/mol. The predicted octanol–water partition coefficient (Wildman–Crippen LogP) is 3.76. The predicted molar refractivity (Wildman–Crippen MR) is 94.0 cm³/mol. The Morgan fingerprint density at radius 3 is 2.79 bits per heavy atom. The fourth-order valence-electron chi connectivity index (χ4n) is 3.85. The molecule has 2 aromatic rings. The van der Waals surface area contributed by atoms with Crippen molar-refractivity contribution in [2.24, 2.45) is 11.8 Å². The summed E-state index contributed by atoms with van der Waals surface area (Å²) in [5.41, 5.74) is 0.327. The van der Waals surface area contributed by atoms with Crippen molar-refractivity contribution in [3.05, 3.63) is 53.5 Å². The van der Waals surface area contributed by atoms with Crippen LogP contribution in [0.15, 0.2) is 36.5 Å². The first-order valence-electron chi connectivity index (χ1n) is 9.17. The van der Waals surface area contributed by atoms with E-state index in [0.29, 0.717) is 17.9 Å². The molecule has 1 fully saturated rings. The summed E-state index contributed by atoms with van der Waals surface area (Å²) in [5.74, 6) is -1.86. The number of carbonyl (C=O) groups is 1. The van der Waals surface area contributed by atoms with Crippen LogP contribution in [0, 0.1) is 17.7 Å². The second-order valence-electron chi connectivity index (χ2n) is 7.05. The van der Waals surface area contributed by atoms with Gasteiger partial charge in [-0.15, -0.1) is 0 Å². The van der Waals surface area contributed by atoms with E-state index in [0.717, 1.165) is 6.20 Å². The van der Waals surface area contributed by atoms with Crippen LogP contribution in [0.1, 0.15) is 30.0 Å². The highest BCUT2D eigenvalue weighted by Crippen LogP contribution is 2.59. The van der Waals surface area contributed by atoms with E-state index in [2.05, 4.69) is 10.3 Å². The lowest BCUT2D eigenvalue weighted by atomic mass is 10.0. The number of rotatable bonds is 5. The average Bonchev–Trinajstić information content (AvgIpc) is 3.41. The van der Waals surface area contributed by atoms with Crippen molar-refractivity contribution in [3.63, 3.8) is 0 Å². The Balaban J connectivity index is 1.52. The number of amides is 1. The van der Waals surface area contributed by atoms with Crippen LogP contribution in [0.5, 0.6) is 11.6 Å². The number of halogens is 4. The maximum Gasteiger partial charge on any atom is 0.412 e. The van der Waals surface area contributed by atoms with E-state index in [1.54, 1.807) is 6.92 Å². The van der Waals surface area contributed by atoms with Gasteiger partial charge in [-0.3, -0.25) is 4.79 Å². The second kappa shape index (κ2) is 7.20. The Morgan fingerprint density at radius 1 is 1.34 bits per heavy atom. The molecule has 0 saturated heterocycles. The number of nitrogens with one attached hydrogen (secondary N) is 1. The lowest BCUT2D eigenvalue weighted by molar-refractivity contribution is -0.164.